The molecule has 1 aliphatic heterocycles. The minimum absolute atomic E-state index is 0.128. The van der Waals surface area contributed by atoms with Crippen LogP contribution < -0.4 is 85.3 Å². The summed E-state index contributed by atoms with van der Waals surface area (Å²) in [4.78, 5) is 259. The number of benzene rings is 5. The maximum Gasteiger partial charge on any atom is 0.305 e. The Bertz CT molecular complexity index is 4840. The van der Waals surface area contributed by atoms with Gasteiger partial charge in [-0.1, -0.05) is 165 Å². The Morgan fingerprint density at radius 3 is 1.35 bits per heavy atom. The molecule has 0 bridgehead atoms. The third-order valence-corrected chi connectivity index (χ3v) is 22.3. The van der Waals surface area contributed by atoms with Gasteiger partial charge in [0.25, 0.3) is 0 Å². The number of rotatable bonds is 24. The number of aromatic hydroxyl groups is 1. The Balaban J connectivity index is 1.46. The molecule has 20 N–H and O–H groups in total. The molecule has 0 aliphatic carbocycles. The normalized spacial score (nSPS) is 23.1. The predicted octanol–water partition coefficient (Wildman–Crippen LogP) is -1.06. The van der Waals surface area contributed by atoms with Crippen LogP contribution in [0.4, 0.5) is 0 Å². The molecule has 0 spiro atoms. The van der Waals surface area contributed by atoms with E-state index < -0.39 is 259 Å². The number of carbonyl (C=O) groups is 18. The summed E-state index contributed by atoms with van der Waals surface area (Å²) in [7, 11) is 3.84. The van der Waals surface area contributed by atoms with Crippen LogP contribution in [0, 0.1) is 23.7 Å². The number of aliphatic hydroxyl groups excluding tert-OH is 1. The van der Waals surface area contributed by atoms with Gasteiger partial charge < -0.3 is 110 Å². The number of likely N-dealkylation sites (N-methyl/N-ethyl adjacent to an activating group) is 2. The highest BCUT2D eigenvalue weighted by Gasteiger charge is 2.41. The fourth-order valence-electron chi connectivity index (χ4n) is 13.9. The van der Waals surface area contributed by atoms with E-state index in [0.29, 0.717) is 34.2 Å². The maximum atomic E-state index is 15.3. The van der Waals surface area contributed by atoms with Crippen molar-refractivity contribution in [2.75, 3.05) is 45.9 Å². The van der Waals surface area contributed by atoms with Crippen molar-refractivity contribution in [3.63, 3.8) is 0 Å². The van der Waals surface area contributed by atoms with Crippen LogP contribution in [-0.4, -0.2) is 262 Å². The van der Waals surface area contributed by atoms with E-state index in [9.17, 15) is 72.9 Å². The molecule has 5 aromatic carbocycles. The van der Waals surface area contributed by atoms with E-state index in [0.717, 1.165) is 20.9 Å². The molecule has 1 fully saturated rings. The number of thioether (sulfide) groups is 1. The number of carbonyl (C=O) groups excluding carboxylic acids is 17. The van der Waals surface area contributed by atoms with Gasteiger partial charge in [-0.25, -0.2) is 0 Å². The van der Waals surface area contributed by atoms with Crippen molar-refractivity contribution < 1.29 is 106 Å². The Kier molecular flexibility index (Phi) is 41.9. The number of hydrogen-bond acceptors (Lipinski definition) is 22. The minimum atomic E-state index is -2.07. The van der Waals surface area contributed by atoms with Crippen LogP contribution in [-0.2, 0) is 112 Å². The Labute approximate surface area is 764 Å². The van der Waals surface area contributed by atoms with Crippen molar-refractivity contribution in [3.8, 4) is 22.6 Å². The monoisotopic (exact) mass is 1840 g/mol. The molecule has 40 heteroatoms. The second-order valence-corrected chi connectivity index (χ2v) is 34.8. The van der Waals surface area contributed by atoms with Gasteiger partial charge >= 0.3 is 5.97 Å². The second-order valence-electron chi connectivity index (χ2n) is 33.8. The van der Waals surface area contributed by atoms with E-state index in [-0.39, 0.29) is 42.9 Å². The van der Waals surface area contributed by atoms with Crippen LogP contribution in [0.2, 0.25) is 0 Å². The number of aliphatic hydroxyl groups is 1. The lowest BCUT2D eigenvalue weighted by molar-refractivity contribution is -0.147. The number of ether oxygens (including phenoxy) is 1. The van der Waals surface area contributed by atoms with Crippen LogP contribution in [0.5, 0.6) is 11.5 Å². The number of aliphatic carboxylic acids is 1. The molecule has 1 aliphatic rings. The first-order chi connectivity index (χ1) is 61.8. The maximum absolute atomic E-state index is 15.3. The number of carboxylic acids is 1. The number of phenolic OH excluding ortho intramolecular Hbond substituents is 1. The smallest absolute Gasteiger partial charge is 0.305 e. The second kappa shape index (κ2) is 51.6. The summed E-state index contributed by atoms with van der Waals surface area (Å²) in [5.74, 6) is -22.5. The summed E-state index contributed by atoms with van der Waals surface area (Å²) >= 11 is 0.699. The third kappa shape index (κ3) is 34.5. The highest BCUT2D eigenvalue weighted by molar-refractivity contribution is 8.00. The van der Waals surface area contributed by atoms with E-state index in [1.54, 1.807) is 114 Å². The number of hydrogen-bond donors (Lipinski definition) is 18. The average molecular weight is 1840 g/mol. The number of amides is 17. The largest absolute Gasteiger partial charge is 0.508 e. The van der Waals surface area contributed by atoms with Crippen molar-refractivity contribution in [2.45, 2.75) is 205 Å². The number of carboxylic acid groups (broad SMARTS) is 1. The van der Waals surface area contributed by atoms with Gasteiger partial charge in [0.2, 0.25) is 100 Å². The molecular weight excluding hydrogens is 1720 g/mol. The number of primary amides is 2. The van der Waals surface area contributed by atoms with Crippen molar-refractivity contribution >= 4 is 118 Å². The Morgan fingerprint density at radius 2 is 0.863 bits per heavy atom. The first-order valence-electron chi connectivity index (χ1n) is 42.9. The first-order valence-corrected chi connectivity index (χ1v) is 44.0. The van der Waals surface area contributed by atoms with Gasteiger partial charge in [-0.15, -0.1) is 11.8 Å². The summed E-state index contributed by atoms with van der Waals surface area (Å²) in [5.41, 5.74) is 14.3. The Morgan fingerprint density at radius 1 is 0.458 bits per heavy atom. The molecule has 0 saturated carbocycles. The number of methoxy groups -OCH3 is 1. The summed E-state index contributed by atoms with van der Waals surface area (Å²) < 4.78 is 5.48. The van der Waals surface area contributed by atoms with Crippen LogP contribution in [0.25, 0.3) is 11.1 Å². The quantitative estimate of drug-likeness (QED) is 0.0350. The number of phenols is 1. The molecule has 14 atom stereocenters. The molecule has 17 amide bonds. The fraction of sp³-hybridized carbons (Fsp3) is 0.473. The van der Waals surface area contributed by atoms with Gasteiger partial charge in [0.05, 0.1) is 38.9 Å². The molecule has 1 saturated heterocycles. The van der Waals surface area contributed by atoms with E-state index in [1.165, 1.54) is 79.2 Å². The van der Waals surface area contributed by atoms with Gasteiger partial charge in [-0.05, 0) is 108 Å². The molecule has 5 aromatic rings. The van der Waals surface area contributed by atoms with Crippen LogP contribution in [0.15, 0.2) is 133 Å². The zero-order valence-electron chi connectivity index (χ0n) is 75.6. The van der Waals surface area contributed by atoms with Crippen molar-refractivity contribution in [2.24, 2.45) is 35.1 Å². The van der Waals surface area contributed by atoms with Crippen molar-refractivity contribution in [3.05, 3.63) is 156 Å². The standard InChI is InChI=1S/C91H123N17O22S/c1-48(2)35-62-79(117)100-66(39-55-27-31-59(32-28-55)58-24-18-15-19-25-58)86(124)106-77(51(7)8)91(129)108(12)53(10)90(128)107(11)44-73(112)95-68(42-72(92)111)83(121)98-63(36-49(3)4)85(123)105-76(50(5)6)89(127)103-70(45-109)87(125)104-71(88(126)94-52(9)78(93)116)46-131-47-74(113)96-64(38-54-21-16-14-17-22-54)80(118)99-65(40-56-29-33-60(110)34-30-56)81(119)102-69(43-75(114)115)84(122)101-67(82(120)97-62)41-57-23-20-26-61(37-57)130-13/h14-34,37,48-53,62-71,76-77,109-110H,35-36,38-47H2,1-13H3,(H2,92,111)(H2,93,116)(H,94,126)(H,95,112)(H,96,113)(H,97,120)(H,98,121)(H,99,118)(H,100,117)(H,101,122)(H,102,119)(H,103,127)(H,104,125)(H,105,123)(H,106,124)(H,114,115)/t52-,53-,62-,63-,64-,65-,66-,67-,68-,69-,70-,71-,76-,77-/m0/s1. The lowest BCUT2D eigenvalue weighted by atomic mass is 9.97. The molecular formula is C91H123N17O22S. The van der Waals surface area contributed by atoms with Gasteiger partial charge in [0.15, 0.2) is 0 Å². The van der Waals surface area contributed by atoms with E-state index in [4.69, 9.17) is 16.2 Å². The highest BCUT2D eigenvalue weighted by atomic mass is 32.2. The number of nitrogens with one attached hydrogen (secondary N) is 13. The van der Waals surface area contributed by atoms with Crippen LogP contribution in [0.3, 0.4) is 0 Å². The van der Waals surface area contributed by atoms with Gasteiger partial charge in [0.1, 0.15) is 96.1 Å². The minimum Gasteiger partial charge on any atom is -0.508 e. The average Bonchev–Trinajstić information content (AvgIpc) is 0.810. The topological polar surface area (TPSA) is 592 Å². The first kappa shape index (κ1) is 106. The molecule has 0 aromatic heterocycles. The van der Waals surface area contributed by atoms with Crippen molar-refractivity contribution in [1.82, 2.24) is 78.9 Å². The molecule has 39 nitrogen and oxygen atoms in total. The summed E-state index contributed by atoms with van der Waals surface area (Å²) in [6.07, 6.45) is -3.59. The van der Waals surface area contributed by atoms with E-state index in [2.05, 4.69) is 69.1 Å². The van der Waals surface area contributed by atoms with E-state index in [1.807, 2.05) is 30.3 Å². The van der Waals surface area contributed by atoms with Gasteiger partial charge in [-0.3, -0.25) is 86.3 Å². The summed E-state index contributed by atoms with van der Waals surface area (Å²) in [6, 6.07) is 13.3. The lowest BCUT2D eigenvalue weighted by Crippen LogP contribution is -2.61. The zero-order chi connectivity index (χ0) is 97.2. The zero-order valence-corrected chi connectivity index (χ0v) is 76.5. The van der Waals surface area contributed by atoms with Crippen molar-refractivity contribution in [1.29, 1.82) is 0 Å². The SMILES string of the molecule is COc1cccc(C[C@@H]2NC(=O)[C@H](CC(=O)O)NC(=O)[C@H](Cc3ccc(O)cc3)NC(=O)[C@H](Cc3ccccc3)NC(=O)CSC[C@@H](C(=O)N[C@@H](C)C(N)=O)NC(=O)[C@H](CO)NC(=O)[C@H](C(C)C)NC(=O)[C@H](CC(C)C)NC(=O)[C@H](CC(N)=O)NC(=O)CN(C)C(=O)[C@H](C)N(C)C(=O)[C@H](C(C)C)NC(=O)[C@H](Cc3ccc(-c4ccccc4)cc3)NC(=O)[C@H](CC(C)C)NC2=O)c1. The Hall–Kier alpha value is -13.5. The molecule has 0 unspecified atom stereocenters. The highest BCUT2D eigenvalue weighted by Crippen LogP contribution is 2.23. The van der Waals surface area contributed by atoms with Gasteiger partial charge in [-0.2, -0.15) is 0 Å². The molecule has 710 valence electrons. The van der Waals surface area contributed by atoms with Crippen LogP contribution in [0.1, 0.15) is 117 Å². The predicted molar refractivity (Wildman–Crippen MR) is 483 cm³/mol. The third-order valence-electron chi connectivity index (χ3n) is 21.3. The van der Waals surface area contributed by atoms with Gasteiger partial charge in [0, 0.05) is 45.5 Å². The molecule has 1 heterocycles. The van der Waals surface area contributed by atoms with Crippen LogP contribution >= 0.6 is 11.8 Å². The molecule has 6 rings (SSSR count). The molecule has 131 heavy (non-hydrogen) atoms. The molecule has 0 radical (unpaired) electrons. The summed E-state index contributed by atoms with van der Waals surface area (Å²) in [6.45, 7) is 13.6. The number of nitrogens with two attached hydrogens (primary N) is 2. The summed E-state index contributed by atoms with van der Waals surface area (Å²) in [5, 5.41) is 64.5. The lowest BCUT2D eigenvalue weighted by Gasteiger charge is -2.33. The van der Waals surface area contributed by atoms with E-state index >= 15 is 28.8 Å². The number of nitrogens with zero attached hydrogens (tertiary/aromatic N) is 2. The fourth-order valence-corrected chi connectivity index (χ4v) is 14.8.